The molecule has 0 aromatic heterocycles. The van der Waals surface area contributed by atoms with Gasteiger partial charge in [0.05, 0.1) is 6.54 Å². The van der Waals surface area contributed by atoms with Crippen LogP contribution in [0.1, 0.15) is 26.7 Å². The van der Waals surface area contributed by atoms with Crippen LogP contribution in [-0.4, -0.2) is 76.5 Å². The summed E-state index contributed by atoms with van der Waals surface area (Å²) in [4.78, 5) is 50.3. The Morgan fingerprint density at radius 3 is 2.35 bits per heavy atom. The van der Waals surface area contributed by atoms with E-state index in [9.17, 15) is 24.3 Å². The number of nitrogens with one attached hydrogen (secondary N) is 2. The summed E-state index contributed by atoms with van der Waals surface area (Å²) in [7, 11) is 1.56. The number of likely N-dealkylation sites (tertiary alicyclic amines) is 1. The molecular weight excluding hydrogens is 304 g/mol. The van der Waals surface area contributed by atoms with Crippen molar-refractivity contribution >= 4 is 23.8 Å². The van der Waals surface area contributed by atoms with Gasteiger partial charge in [-0.2, -0.15) is 0 Å². The smallest absolute Gasteiger partial charge is 0.329 e. The molecule has 9 heteroatoms. The Morgan fingerprint density at radius 1 is 1.30 bits per heavy atom. The van der Waals surface area contributed by atoms with Gasteiger partial charge in [0.1, 0.15) is 11.1 Å². The molecule has 3 N–H and O–H groups in total. The van der Waals surface area contributed by atoms with E-state index in [1.807, 2.05) is 4.90 Å². The zero-order valence-corrected chi connectivity index (χ0v) is 13.5. The van der Waals surface area contributed by atoms with Crippen molar-refractivity contribution in [2.75, 3.05) is 26.7 Å². The first-order valence-corrected chi connectivity index (χ1v) is 7.47. The van der Waals surface area contributed by atoms with Gasteiger partial charge in [0, 0.05) is 20.1 Å². The van der Waals surface area contributed by atoms with Crippen LogP contribution in [0.2, 0.25) is 0 Å². The third-order valence-corrected chi connectivity index (χ3v) is 4.60. The highest BCUT2D eigenvalue weighted by Gasteiger charge is 2.57. The zero-order valence-electron chi connectivity index (χ0n) is 13.5. The highest BCUT2D eigenvalue weighted by atomic mass is 16.4. The van der Waals surface area contributed by atoms with Crippen LogP contribution in [0.5, 0.6) is 0 Å². The minimum absolute atomic E-state index is 0.114. The summed E-state index contributed by atoms with van der Waals surface area (Å²) >= 11 is 0. The fourth-order valence-corrected chi connectivity index (χ4v) is 2.94. The molecule has 2 saturated heterocycles. The minimum Gasteiger partial charge on any atom is -0.480 e. The molecule has 0 unspecified atom stereocenters. The molecule has 9 nitrogen and oxygen atoms in total. The van der Waals surface area contributed by atoms with Gasteiger partial charge in [-0.05, 0) is 26.7 Å². The van der Waals surface area contributed by atoms with Crippen LogP contribution in [0.3, 0.4) is 0 Å². The molecule has 2 heterocycles. The van der Waals surface area contributed by atoms with E-state index in [4.69, 9.17) is 0 Å². The average Bonchev–Trinajstić information content (AvgIpc) is 2.72. The molecule has 0 aliphatic carbocycles. The molecule has 0 aromatic carbocycles. The standard InChI is InChI=1S/C14H22N4O5/c1-13(2,11(21)22)18-10(20)14(16-12(18)23)4-6-17(7-5-14)8-9(19)15-3/h4-8H2,1-3H3,(H,15,19)(H,16,23)(H,21,22). The fourth-order valence-electron chi connectivity index (χ4n) is 2.94. The van der Waals surface area contributed by atoms with Crippen LogP contribution in [0.25, 0.3) is 0 Å². The Labute approximate surface area is 134 Å². The first-order valence-electron chi connectivity index (χ1n) is 7.47. The molecule has 0 aromatic rings. The minimum atomic E-state index is -1.61. The maximum absolute atomic E-state index is 12.7. The van der Waals surface area contributed by atoms with Gasteiger partial charge in [-0.1, -0.05) is 0 Å². The van der Waals surface area contributed by atoms with E-state index >= 15 is 0 Å². The van der Waals surface area contributed by atoms with Crippen LogP contribution in [0.15, 0.2) is 0 Å². The number of amides is 4. The summed E-state index contributed by atoms with van der Waals surface area (Å²) in [6, 6.07) is -0.679. The van der Waals surface area contributed by atoms with Crippen molar-refractivity contribution in [1.29, 1.82) is 0 Å². The molecule has 0 radical (unpaired) electrons. The van der Waals surface area contributed by atoms with Gasteiger partial charge < -0.3 is 15.7 Å². The van der Waals surface area contributed by atoms with Crippen LogP contribution in [0, 0.1) is 0 Å². The fraction of sp³-hybridized carbons (Fsp3) is 0.714. The highest BCUT2D eigenvalue weighted by molar-refractivity contribution is 6.10. The number of carboxylic acid groups (broad SMARTS) is 1. The average molecular weight is 326 g/mol. The quantitative estimate of drug-likeness (QED) is 0.569. The Balaban J connectivity index is 2.11. The molecule has 0 atom stereocenters. The molecule has 2 aliphatic heterocycles. The van der Waals surface area contributed by atoms with E-state index in [1.165, 1.54) is 13.8 Å². The summed E-state index contributed by atoms with van der Waals surface area (Å²) in [6.45, 7) is 3.83. The lowest BCUT2D eigenvalue weighted by Crippen LogP contribution is -2.58. The summed E-state index contributed by atoms with van der Waals surface area (Å²) in [5.41, 5.74) is -2.67. The molecule has 1 spiro atoms. The Morgan fingerprint density at radius 2 is 1.87 bits per heavy atom. The van der Waals surface area contributed by atoms with Crippen molar-refractivity contribution in [1.82, 2.24) is 20.4 Å². The molecular formula is C14H22N4O5. The summed E-state index contributed by atoms with van der Waals surface area (Å²) < 4.78 is 0. The maximum atomic E-state index is 12.7. The second-order valence-corrected chi connectivity index (χ2v) is 6.47. The first-order chi connectivity index (χ1) is 10.6. The van der Waals surface area contributed by atoms with Gasteiger partial charge in [-0.15, -0.1) is 0 Å². The number of carbonyl (C=O) groups excluding carboxylic acids is 3. The number of hydrogen-bond acceptors (Lipinski definition) is 5. The van der Waals surface area contributed by atoms with E-state index < -0.39 is 29.0 Å². The number of likely N-dealkylation sites (N-methyl/N-ethyl adjacent to an activating group) is 1. The van der Waals surface area contributed by atoms with E-state index in [-0.39, 0.29) is 12.5 Å². The molecule has 2 aliphatic rings. The third kappa shape index (κ3) is 2.88. The SMILES string of the molecule is CNC(=O)CN1CCC2(CC1)NC(=O)N(C(C)(C)C(=O)O)C2=O. The maximum Gasteiger partial charge on any atom is 0.329 e. The van der Waals surface area contributed by atoms with Gasteiger partial charge >= 0.3 is 12.0 Å². The molecule has 0 saturated carbocycles. The van der Waals surface area contributed by atoms with E-state index in [1.54, 1.807) is 7.05 Å². The van der Waals surface area contributed by atoms with E-state index in [2.05, 4.69) is 10.6 Å². The number of carboxylic acids is 1. The largest absolute Gasteiger partial charge is 0.480 e. The highest BCUT2D eigenvalue weighted by Crippen LogP contribution is 2.33. The zero-order chi connectivity index (χ0) is 17.4. The Bertz CT molecular complexity index is 551. The Hall–Kier alpha value is -2.16. The molecule has 2 fully saturated rings. The molecule has 23 heavy (non-hydrogen) atoms. The summed E-state index contributed by atoms with van der Waals surface area (Å²) in [6.07, 6.45) is 0.696. The van der Waals surface area contributed by atoms with Crippen LogP contribution >= 0.6 is 0 Å². The van der Waals surface area contributed by atoms with Crippen molar-refractivity contribution in [3.63, 3.8) is 0 Å². The van der Waals surface area contributed by atoms with Gasteiger partial charge in [0.25, 0.3) is 5.91 Å². The van der Waals surface area contributed by atoms with Crippen molar-refractivity contribution in [3.8, 4) is 0 Å². The van der Waals surface area contributed by atoms with Crippen molar-refractivity contribution in [2.24, 2.45) is 0 Å². The van der Waals surface area contributed by atoms with Crippen molar-refractivity contribution in [2.45, 2.75) is 37.8 Å². The predicted octanol–water partition coefficient (Wildman–Crippen LogP) is -1.02. The summed E-state index contributed by atoms with van der Waals surface area (Å²) in [5, 5.41) is 14.5. The van der Waals surface area contributed by atoms with Crippen molar-refractivity contribution < 1.29 is 24.3 Å². The van der Waals surface area contributed by atoms with Crippen LogP contribution in [0.4, 0.5) is 4.79 Å². The number of carbonyl (C=O) groups is 4. The number of urea groups is 1. The van der Waals surface area contributed by atoms with E-state index in [0.29, 0.717) is 25.9 Å². The lowest BCUT2D eigenvalue weighted by molar-refractivity contribution is -0.154. The number of aliphatic carboxylic acids is 1. The van der Waals surface area contributed by atoms with Crippen LogP contribution in [-0.2, 0) is 14.4 Å². The second-order valence-electron chi connectivity index (χ2n) is 6.47. The molecule has 0 bridgehead atoms. The van der Waals surface area contributed by atoms with Crippen LogP contribution < -0.4 is 10.6 Å². The van der Waals surface area contributed by atoms with Gasteiger partial charge in [-0.25, -0.2) is 14.5 Å². The number of piperidine rings is 1. The lowest BCUT2D eigenvalue weighted by atomic mass is 9.86. The topological polar surface area (TPSA) is 119 Å². The molecule has 4 amide bonds. The summed E-state index contributed by atoms with van der Waals surface area (Å²) in [5.74, 6) is -1.86. The van der Waals surface area contributed by atoms with Gasteiger partial charge in [0.2, 0.25) is 5.91 Å². The molecule has 2 rings (SSSR count). The van der Waals surface area contributed by atoms with Crippen molar-refractivity contribution in [3.05, 3.63) is 0 Å². The van der Waals surface area contributed by atoms with Gasteiger partial charge in [0.15, 0.2) is 0 Å². The first kappa shape index (κ1) is 17.2. The monoisotopic (exact) mass is 326 g/mol. The third-order valence-electron chi connectivity index (χ3n) is 4.60. The Kier molecular flexibility index (Phi) is 4.34. The molecule has 128 valence electrons. The normalized spacial score (nSPS) is 21.4. The lowest BCUT2D eigenvalue weighted by Gasteiger charge is -2.37. The number of hydrogen-bond donors (Lipinski definition) is 3. The predicted molar refractivity (Wildman–Crippen MR) is 79.6 cm³/mol. The number of rotatable bonds is 4. The number of imide groups is 1. The van der Waals surface area contributed by atoms with Gasteiger partial charge in [-0.3, -0.25) is 14.5 Å². The number of nitrogens with zero attached hydrogens (tertiary/aromatic N) is 2. The second kappa shape index (κ2) is 5.80. The van der Waals surface area contributed by atoms with E-state index in [0.717, 1.165) is 4.90 Å².